The number of aromatic nitrogens is 2. The van der Waals surface area contributed by atoms with E-state index in [1.54, 1.807) is 11.3 Å². The molecule has 2 aromatic rings. The molecule has 1 amide bonds. The van der Waals surface area contributed by atoms with Crippen LogP contribution in [0.5, 0.6) is 0 Å². The van der Waals surface area contributed by atoms with Crippen LogP contribution in [0.1, 0.15) is 55.9 Å². The number of rotatable bonds is 2. The zero-order chi connectivity index (χ0) is 16.1. The van der Waals surface area contributed by atoms with Crippen molar-refractivity contribution >= 4 is 22.2 Å². The second-order valence-electron chi connectivity index (χ2n) is 7.63. The maximum Gasteiger partial charge on any atom is 0.271 e. The van der Waals surface area contributed by atoms with Crippen molar-refractivity contribution in [2.45, 2.75) is 64.6 Å². The van der Waals surface area contributed by atoms with Gasteiger partial charge in [0.05, 0.1) is 0 Å². The molecule has 5 nitrogen and oxygen atoms in total. The summed E-state index contributed by atoms with van der Waals surface area (Å²) in [6, 6.07) is 0.167. The molecule has 0 aromatic carbocycles. The second-order valence-corrected chi connectivity index (χ2v) is 8.84. The summed E-state index contributed by atoms with van der Waals surface area (Å²) in [7, 11) is 0. The highest BCUT2D eigenvalue weighted by Crippen LogP contribution is 2.28. The van der Waals surface area contributed by atoms with E-state index in [0.717, 1.165) is 17.8 Å². The van der Waals surface area contributed by atoms with Crippen molar-refractivity contribution in [1.29, 1.82) is 0 Å². The molecule has 2 N–H and O–H groups in total. The van der Waals surface area contributed by atoms with Gasteiger partial charge in [0.2, 0.25) is 0 Å². The predicted octanol–water partition coefficient (Wildman–Crippen LogP) is 2.74. The molecule has 0 radical (unpaired) electrons. The zero-order valence-corrected chi connectivity index (χ0v) is 14.7. The smallest absolute Gasteiger partial charge is 0.271 e. The Morgan fingerprint density at radius 3 is 2.55 bits per heavy atom. The Balaban J connectivity index is 1.74. The first-order valence-electron chi connectivity index (χ1n) is 7.69. The van der Waals surface area contributed by atoms with Gasteiger partial charge >= 0.3 is 0 Å². The van der Waals surface area contributed by atoms with Crippen LogP contribution in [0.2, 0.25) is 0 Å². The van der Waals surface area contributed by atoms with Crippen LogP contribution in [0.3, 0.4) is 0 Å². The van der Waals surface area contributed by atoms with Crippen molar-refractivity contribution in [3.63, 3.8) is 0 Å². The molecule has 0 bridgehead atoms. The number of aryl methyl sites for hydroxylation is 1. The van der Waals surface area contributed by atoms with Crippen molar-refractivity contribution in [3.8, 4) is 0 Å². The molecule has 1 saturated heterocycles. The summed E-state index contributed by atoms with van der Waals surface area (Å²) in [5.74, 6) is -0.0768. The number of hydrogen-bond donors (Lipinski definition) is 2. The number of carbonyl (C=O) groups is 1. The second kappa shape index (κ2) is 5.06. The summed E-state index contributed by atoms with van der Waals surface area (Å²) in [4.78, 5) is 19.0. The third-order valence-electron chi connectivity index (χ3n) is 4.03. The summed E-state index contributed by atoms with van der Waals surface area (Å²) in [5.41, 5.74) is 0.539. The predicted molar refractivity (Wildman–Crippen MR) is 89.6 cm³/mol. The summed E-state index contributed by atoms with van der Waals surface area (Å²) in [5, 5.41) is 6.79. The van der Waals surface area contributed by atoms with E-state index in [1.165, 1.54) is 4.88 Å². The molecule has 0 spiro atoms. The Morgan fingerprint density at radius 1 is 1.32 bits per heavy atom. The largest absolute Gasteiger partial charge is 0.348 e. The lowest BCUT2D eigenvalue weighted by Crippen LogP contribution is -2.62. The first-order chi connectivity index (χ1) is 10.1. The van der Waals surface area contributed by atoms with Gasteiger partial charge in [-0.05, 0) is 47.5 Å². The molecular weight excluding hydrogens is 296 g/mol. The minimum atomic E-state index is -0.0768. The average Bonchev–Trinajstić information content (AvgIpc) is 2.80. The third kappa shape index (κ3) is 3.17. The van der Waals surface area contributed by atoms with Gasteiger partial charge in [0, 0.05) is 34.4 Å². The van der Waals surface area contributed by atoms with Crippen molar-refractivity contribution in [2.24, 2.45) is 0 Å². The van der Waals surface area contributed by atoms with Crippen LogP contribution < -0.4 is 10.6 Å². The lowest BCUT2D eigenvalue weighted by Gasteiger charge is -2.46. The molecule has 120 valence electrons. The highest BCUT2D eigenvalue weighted by Gasteiger charge is 2.38. The van der Waals surface area contributed by atoms with E-state index >= 15 is 0 Å². The maximum absolute atomic E-state index is 12.5. The molecule has 3 rings (SSSR count). The molecule has 1 aliphatic rings. The number of imidazole rings is 1. The van der Waals surface area contributed by atoms with Gasteiger partial charge in [-0.25, -0.2) is 4.98 Å². The Labute approximate surface area is 135 Å². The maximum atomic E-state index is 12.5. The van der Waals surface area contributed by atoms with Crippen LogP contribution in [-0.4, -0.2) is 32.4 Å². The first kappa shape index (κ1) is 15.5. The van der Waals surface area contributed by atoms with Gasteiger partial charge in [-0.1, -0.05) is 0 Å². The van der Waals surface area contributed by atoms with Crippen molar-refractivity contribution in [2.75, 3.05) is 0 Å². The van der Waals surface area contributed by atoms with E-state index in [2.05, 4.69) is 43.3 Å². The normalized spacial score (nSPS) is 21.1. The van der Waals surface area contributed by atoms with Gasteiger partial charge in [0.15, 0.2) is 4.96 Å². The Hall–Kier alpha value is -1.40. The Bertz CT molecular complexity index is 665. The SMILES string of the molecule is Cc1cn2cc(C(=O)NC3CC(C)(C)NC(C)(C)C3)nc2s1. The lowest BCUT2D eigenvalue weighted by molar-refractivity contribution is 0.0869. The van der Waals surface area contributed by atoms with Crippen molar-refractivity contribution < 1.29 is 4.79 Å². The summed E-state index contributed by atoms with van der Waals surface area (Å²) >= 11 is 1.60. The molecule has 1 aliphatic heterocycles. The molecular formula is C16H24N4OS. The van der Waals surface area contributed by atoms with Gasteiger partial charge in [0.1, 0.15) is 5.69 Å². The van der Waals surface area contributed by atoms with Gasteiger partial charge in [0.25, 0.3) is 5.91 Å². The van der Waals surface area contributed by atoms with Crippen LogP contribution in [0.15, 0.2) is 12.4 Å². The van der Waals surface area contributed by atoms with Crippen molar-refractivity contribution in [3.05, 3.63) is 23.0 Å². The molecule has 22 heavy (non-hydrogen) atoms. The fourth-order valence-corrected chi connectivity index (χ4v) is 4.51. The number of thiazole rings is 1. The summed E-state index contributed by atoms with van der Waals surface area (Å²) in [6.07, 6.45) is 5.65. The molecule has 1 fully saturated rings. The van der Waals surface area contributed by atoms with E-state index in [9.17, 15) is 4.79 Å². The van der Waals surface area contributed by atoms with Crippen LogP contribution in [0.4, 0.5) is 0 Å². The topological polar surface area (TPSA) is 58.4 Å². The molecule has 0 saturated carbocycles. The first-order valence-corrected chi connectivity index (χ1v) is 8.51. The van der Waals surface area contributed by atoms with Gasteiger partial charge < -0.3 is 10.6 Å². The monoisotopic (exact) mass is 320 g/mol. The quantitative estimate of drug-likeness (QED) is 0.894. The van der Waals surface area contributed by atoms with E-state index < -0.39 is 0 Å². The number of amides is 1. The molecule has 3 heterocycles. The van der Waals surface area contributed by atoms with Crippen LogP contribution in [0, 0.1) is 6.92 Å². The molecule has 2 aromatic heterocycles. The highest BCUT2D eigenvalue weighted by molar-refractivity contribution is 7.17. The number of nitrogens with one attached hydrogen (secondary N) is 2. The van der Waals surface area contributed by atoms with E-state index in [0.29, 0.717) is 5.69 Å². The zero-order valence-electron chi connectivity index (χ0n) is 13.9. The fraction of sp³-hybridized carbons (Fsp3) is 0.625. The Kier molecular flexibility index (Phi) is 3.57. The van der Waals surface area contributed by atoms with Gasteiger partial charge in [-0.2, -0.15) is 0 Å². The summed E-state index contributed by atoms with van der Waals surface area (Å²) in [6.45, 7) is 10.8. The number of nitrogens with zero attached hydrogens (tertiary/aromatic N) is 2. The Morgan fingerprint density at radius 2 is 1.95 bits per heavy atom. The van der Waals surface area contributed by atoms with E-state index in [4.69, 9.17) is 0 Å². The molecule has 0 unspecified atom stereocenters. The minimum absolute atomic E-state index is 0.0192. The number of carbonyl (C=O) groups excluding carboxylic acids is 1. The van der Waals surface area contributed by atoms with Crippen LogP contribution in [-0.2, 0) is 0 Å². The molecule has 0 atom stereocenters. The number of piperidine rings is 1. The molecule has 0 aliphatic carbocycles. The van der Waals surface area contributed by atoms with Gasteiger partial charge in [-0.3, -0.25) is 9.20 Å². The van der Waals surface area contributed by atoms with Crippen LogP contribution >= 0.6 is 11.3 Å². The van der Waals surface area contributed by atoms with E-state index in [-0.39, 0.29) is 23.0 Å². The number of hydrogen-bond acceptors (Lipinski definition) is 4. The highest BCUT2D eigenvalue weighted by atomic mass is 32.1. The van der Waals surface area contributed by atoms with E-state index in [1.807, 2.05) is 23.7 Å². The number of fused-ring (bicyclic) bond motifs is 1. The van der Waals surface area contributed by atoms with Gasteiger partial charge in [-0.15, -0.1) is 11.3 Å². The van der Waals surface area contributed by atoms with Crippen molar-refractivity contribution in [1.82, 2.24) is 20.0 Å². The van der Waals surface area contributed by atoms with Crippen LogP contribution in [0.25, 0.3) is 4.96 Å². The molecule has 6 heteroatoms. The fourth-order valence-electron chi connectivity index (χ4n) is 3.70. The minimum Gasteiger partial charge on any atom is -0.348 e. The summed E-state index contributed by atoms with van der Waals surface area (Å²) < 4.78 is 1.92. The standard InChI is InChI=1S/C16H24N4OS/c1-10-8-20-9-12(18-14(20)22-10)13(21)17-11-6-15(2,3)19-16(4,5)7-11/h8-9,11,19H,6-7H2,1-5H3,(H,17,21). The lowest BCUT2D eigenvalue weighted by atomic mass is 9.79. The third-order valence-corrected chi connectivity index (χ3v) is 4.94. The average molecular weight is 320 g/mol.